The van der Waals surface area contributed by atoms with E-state index in [9.17, 15) is 4.79 Å². The van der Waals surface area contributed by atoms with E-state index in [2.05, 4.69) is 47.2 Å². The summed E-state index contributed by atoms with van der Waals surface area (Å²) in [5.74, 6) is 0.830. The molecule has 0 aliphatic carbocycles. The zero-order valence-corrected chi connectivity index (χ0v) is 15.3. The Morgan fingerprint density at radius 1 is 1.16 bits per heavy atom. The molecule has 0 unspecified atom stereocenters. The monoisotopic (exact) mass is 341 g/mol. The number of piperazine rings is 1. The third-order valence-electron chi connectivity index (χ3n) is 5.11. The third-order valence-corrected chi connectivity index (χ3v) is 5.11. The molecule has 1 atom stereocenters. The molecule has 1 N–H and O–H groups in total. The Morgan fingerprint density at radius 2 is 1.92 bits per heavy atom. The number of nitrogens with zero attached hydrogens (tertiary/aromatic N) is 2. The van der Waals surface area contributed by atoms with Gasteiger partial charge in [-0.3, -0.25) is 9.69 Å². The van der Waals surface area contributed by atoms with Crippen LogP contribution in [0.2, 0.25) is 0 Å². The fourth-order valence-electron chi connectivity index (χ4n) is 3.19. The van der Waals surface area contributed by atoms with Gasteiger partial charge >= 0.3 is 0 Å². The van der Waals surface area contributed by atoms with Crippen LogP contribution in [0.5, 0.6) is 0 Å². The summed E-state index contributed by atoms with van der Waals surface area (Å²) in [6.45, 7) is 10.4. The third kappa shape index (κ3) is 4.23. The Balaban J connectivity index is 1.50. The highest BCUT2D eigenvalue weighted by atomic mass is 16.3. The molecule has 1 aliphatic rings. The number of carbonyl (C=O) groups is 1. The topological polar surface area (TPSA) is 48.7 Å². The second-order valence-corrected chi connectivity index (χ2v) is 6.76. The highest BCUT2D eigenvalue weighted by molar-refractivity contribution is 5.81. The molecule has 5 nitrogen and oxygen atoms in total. The van der Waals surface area contributed by atoms with Crippen LogP contribution in [0, 0.1) is 13.8 Å². The van der Waals surface area contributed by atoms with Crippen molar-refractivity contribution >= 4 is 11.6 Å². The van der Waals surface area contributed by atoms with E-state index in [1.807, 2.05) is 19.1 Å². The maximum atomic E-state index is 12.4. The fraction of sp³-hybridized carbons (Fsp3) is 0.450. The lowest BCUT2D eigenvalue weighted by Crippen LogP contribution is -2.53. The van der Waals surface area contributed by atoms with E-state index in [0.29, 0.717) is 6.54 Å². The van der Waals surface area contributed by atoms with Crippen LogP contribution in [0.1, 0.15) is 23.8 Å². The van der Waals surface area contributed by atoms with Gasteiger partial charge in [0.2, 0.25) is 5.91 Å². The first kappa shape index (κ1) is 17.5. The summed E-state index contributed by atoms with van der Waals surface area (Å²) in [6.07, 6.45) is 1.62. The maximum absolute atomic E-state index is 12.4. The van der Waals surface area contributed by atoms with Crippen LogP contribution in [0.4, 0.5) is 5.69 Å². The molecule has 25 heavy (non-hydrogen) atoms. The summed E-state index contributed by atoms with van der Waals surface area (Å²) >= 11 is 0. The maximum Gasteiger partial charge on any atom is 0.237 e. The average Bonchev–Trinajstić information content (AvgIpc) is 3.15. The quantitative estimate of drug-likeness (QED) is 0.908. The first-order chi connectivity index (χ1) is 12.0. The minimum Gasteiger partial charge on any atom is -0.467 e. The van der Waals surface area contributed by atoms with E-state index in [1.165, 1.54) is 16.8 Å². The fourth-order valence-corrected chi connectivity index (χ4v) is 3.19. The Bertz CT molecular complexity index is 704. The number of rotatable bonds is 5. The zero-order chi connectivity index (χ0) is 17.8. The molecule has 1 aromatic carbocycles. The number of amides is 1. The lowest BCUT2D eigenvalue weighted by atomic mass is 10.1. The van der Waals surface area contributed by atoms with Gasteiger partial charge in [0, 0.05) is 31.9 Å². The summed E-state index contributed by atoms with van der Waals surface area (Å²) in [5.41, 5.74) is 3.92. The molecule has 0 radical (unpaired) electrons. The van der Waals surface area contributed by atoms with Gasteiger partial charge in [0.25, 0.3) is 0 Å². The standard InChI is InChI=1S/C20H27N3O2/c1-15-6-7-18(13-16(15)2)23-10-8-22(9-11-23)17(3)20(24)21-14-19-5-4-12-25-19/h4-7,12-13,17H,8-11,14H2,1-3H3,(H,21,24)/t17-/m0/s1. The first-order valence-corrected chi connectivity index (χ1v) is 8.91. The van der Waals surface area contributed by atoms with Crippen molar-refractivity contribution in [2.75, 3.05) is 31.1 Å². The van der Waals surface area contributed by atoms with Gasteiger partial charge in [-0.2, -0.15) is 0 Å². The van der Waals surface area contributed by atoms with Gasteiger partial charge < -0.3 is 14.6 Å². The van der Waals surface area contributed by atoms with Crippen molar-refractivity contribution in [2.24, 2.45) is 0 Å². The van der Waals surface area contributed by atoms with Gasteiger partial charge in [-0.15, -0.1) is 0 Å². The molecular formula is C20H27N3O2. The van der Waals surface area contributed by atoms with Crippen molar-refractivity contribution < 1.29 is 9.21 Å². The second kappa shape index (κ2) is 7.74. The normalized spacial score (nSPS) is 16.7. The molecule has 0 bridgehead atoms. The van der Waals surface area contributed by atoms with Crippen LogP contribution in [-0.4, -0.2) is 43.0 Å². The van der Waals surface area contributed by atoms with E-state index in [1.54, 1.807) is 6.26 Å². The molecule has 0 saturated carbocycles. The highest BCUT2D eigenvalue weighted by Gasteiger charge is 2.25. The minimum atomic E-state index is -0.128. The van der Waals surface area contributed by atoms with Crippen molar-refractivity contribution in [2.45, 2.75) is 33.4 Å². The van der Waals surface area contributed by atoms with E-state index in [0.717, 1.165) is 31.9 Å². The summed E-state index contributed by atoms with van der Waals surface area (Å²) in [6, 6.07) is 10.2. The van der Waals surface area contributed by atoms with Crippen molar-refractivity contribution in [3.63, 3.8) is 0 Å². The number of anilines is 1. The minimum absolute atomic E-state index is 0.0519. The molecule has 2 aromatic rings. The van der Waals surface area contributed by atoms with Crippen LogP contribution in [-0.2, 0) is 11.3 Å². The Kier molecular flexibility index (Phi) is 5.43. The van der Waals surface area contributed by atoms with Crippen LogP contribution in [0.25, 0.3) is 0 Å². The summed E-state index contributed by atoms with van der Waals surface area (Å²) < 4.78 is 5.26. The highest BCUT2D eigenvalue weighted by Crippen LogP contribution is 2.20. The van der Waals surface area contributed by atoms with Crippen LogP contribution in [0.3, 0.4) is 0 Å². The van der Waals surface area contributed by atoms with Gasteiger partial charge in [0.05, 0.1) is 18.8 Å². The van der Waals surface area contributed by atoms with Gasteiger partial charge in [0.1, 0.15) is 5.76 Å². The number of hydrogen-bond acceptors (Lipinski definition) is 4. The van der Waals surface area contributed by atoms with Gasteiger partial charge in [-0.25, -0.2) is 0 Å². The molecule has 0 spiro atoms. The molecule has 1 amide bonds. The Labute approximate surface area is 149 Å². The van der Waals surface area contributed by atoms with E-state index >= 15 is 0 Å². The molecule has 134 valence electrons. The van der Waals surface area contributed by atoms with Gasteiger partial charge in [-0.05, 0) is 56.2 Å². The Hall–Kier alpha value is -2.27. The number of benzene rings is 1. The van der Waals surface area contributed by atoms with Crippen LogP contribution in [0.15, 0.2) is 41.0 Å². The lowest BCUT2D eigenvalue weighted by molar-refractivity contribution is -0.126. The molecule has 1 fully saturated rings. The number of carbonyl (C=O) groups excluding carboxylic acids is 1. The van der Waals surface area contributed by atoms with E-state index < -0.39 is 0 Å². The van der Waals surface area contributed by atoms with Crippen molar-refractivity contribution in [3.8, 4) is 0 Å². The predicted molar refractivity (Wildman–Crippen MR) is 99.7 cm³/mol. The second-order valence-electron chi connectivity index (χ2n) is 6.76. The van der Waals surface area contributed by atoms with E-state index in [4.69, 9.17) is 4.42 Å². The predicted octanol–water partition coefficient (Wildman–Crippen LogP) is 2.72. The smallest absolute Gasteiger partial charge is 0.237 e. The number of furan rings is 1. The average molecular weight is 341 g/mol. The molecule has 3 rings (SSSR count). The van der Waals surface area contributed by atoms with E-state index in [-0.39, 0.29) is 11.9 Å². The summed E-state index contributed by atoms with van der Waals surface area (Å²) in [7, 11) is 0. The van der Waals surface area contributed by atoms with Crippen LogP contribution < -0.4 is 10.2 Å². The molecule has 5 heteroatoms. The molecule has 2 heterocycles. The molecule has 1 saturated heterocycles. The SMILES string of the molecule is Cc1ccc(N2CCN([C@@H](C)C(=O)NCc3ccco3)CC2)cc1C. The van der Waals surface area contributed by atoms with Crippen molar-refractivity contribution in [3.05, 3.63) is 53.5 Å². The number of aryl methyl sites for hydroxylation is 2. The first-order valence-electron chi connectivity index (χ1n) is 8.91. The van der Waals surface area contributed by atoms with Crippen molar-refractivity contribution in [1.29, 1.82) is 0 Å². The van der Waals surface area contributed by atoms with Gasteiger partial charge in [0.15, 0.2) is 0 Å². The van der Waals surface area contributed by atoms with Gasteiger partial charge in [-0.1, -0.05) is 6.07 Å². The number of nitrogens with one attached hydrogen (secondary N) is 1. The largest absolute Gasteiger partial charge is 0.467 e. The summed E-state index contributed by atoms with van der Waals surface area (Å²) in [4.78, 5) is 17.0. The molecule has 1 aliphatic heterocycles. The molecular weight excluding hydrogens is 314 g/mol. The van der Waals surface area contributed by atoms with Crippen LogP contribution >= 0.6 is 0 Å². The number of hydrogen-bond donors (Lipinski definition) is 1. The Morgan fingerprint density at radius 3 is 2.56 bits per heavy atom. The summed E-state index contributed by atoms with van der Waals surface area (Å²) in [5, 5.41) is 2.95. The molecule has 1 aromatic heterocycles. The zero-order valence-electron chi connectivity index (χ0n) is 15.3. The lowest BCUT2D eigenvalue weighted by Gasteiger charge is -2.38. The van der Waals surface area contributed by atoms with Crippen molar-refractivity contribution in [1.82, 2.24) is 10.2 Å².